The lowest BCUT2D eigenvalue weighted by Crippen LogP contribution is -2.33. The van der Waals surface area contributed by atoms with Gasteiger partial charge >= 0.3 is 0 Å². The monoisotopic (exact) mass is 361 g/mol. The summed E-state index contributed by atoms with van der Waals surface area (Å²) in [7, 11) is 0. The van der Waals surface area contributed by atoms with E-state index in [4.69, 9.17) is 22.1 Å². The fourth-order valence-corrected chi connectivity index (χ4v) is 2.09. The third-order valence-corrected chi connectivity index (χ3v) is 3.23. The molecule has 0 unspecified atom stereocenters. The fraction of sp³-hybridized carbons (Fsp3) is 0.118. The molecule has 4 N–H and O–H groups in total. The normalized spacial score (nSPS) is 9.96. The number of benzene rings is 2. The van der Waals surface area contributed by atoms with Crippen LogP contribution in [-0.4, -0.2) is 30.9 Å². The van der Waals surface area contributed by atoms with E-state index < -0.39 is 17.7 Å². The van der Waals surface area contributed by atoms with Crippen LogP contribution in [0.3, 0.4) is 0 Å². The number of carbonyl (C=O) groups is 3. The largest absolute Gasteiger partial charge is 0.484 e. The van der Waals surface area contributed by atoms with Crippen LogP contribution in [0.25, 0.3) is 0 Å². The Balaban J connectivity index is 1.91. The molecule has 2 aromatic rings. The van der Waals surface area contributed by atoms with Gasteiger partial charge in [0.15, 0.2) is 6.61 Å². The van der Waals surface area contributed by atoms with Gasteiger partial charge in [-0.2, -0.15) is 0 Å². The quantitative estimate of drug-likeness (QED) is 0.695. The van der Waals surface area contributed by atoms with Crippen LogP contribution < -0.4 is 21.1 Å². The first-order chi connectivity index (χ1) is 11.9. The molecule has 0 saturated carbocycles. The van der Waals surface area contributed by atoms with E-state index in [0.717, 1.165) is 0 Å². The van der Waals surface area contributed by atoms with Gasteiger partial charge in [-0.3, -0.25) is 14.4 Å². The van der Waals surface area contributed by atoms with Crippen LogP contribution in [-0.2, 0) is 9.59 Å². The molecule has 0 atom stereocenters. The lowest BCUT2D eigenvalue weighted by Gasteiger charge is -2.09. The van der Waals surface area contributed by atoms with Gasteiger partial charge in [-0.05, 0) is 36.4 Å². The third kappa shape index (κ3) is 6.15. The molecule has 0 aliphatic carbocycles. The van der Waals surface area contributed by atoms with Crippen molar-refractivity contribution in [2.75, 3.05) is 18.5 Å². The molecule has 0 radical (unpaired) electrons. The number of halogens is 1. The standard InChI is InChI=1S/C17H16ClN3O4/c18-12-4-2-6-14(8-12)25-10-16(23)21-13-5-1-3-11(7-13)17(24)20-9-15(19)22/h1-8H,9-10H2,(H2,19,22)(H,20,24)(H,21,23). The summed E-state index contributed by atoms with van der Waals surface area (Å²) in [6.07, 6.45) is 0. The van der Waals surface area contributed by atoms with Gasteiger partial charge in [-0.25, -0.2) is 0 Å². The van der Waals surface area contributed by atoms with E-state index >= 15 is 0 Å². The lowest BCUT2D eigenvalue weighted by atomic mass is 10.2. The minimum Gasteiger partial charge on any atom is -0.484 e. The molecule has 0 saturated heterocycles. The maximum atomic E-state index is 11.9. The van der Waals surface area contributed by atoms with Crippen molar-refractivity contribution in [1.29, 1.82) is 0 Å². The maximum Gasteiger partial charge on any atom is 0.262 e. The smallest absolute Gasteiger partial charge is 0.262 e. The molecular formula is C17H16ClN3O4. The molecule has 0 heterocycles. The number of anilines is 1. The summed E-state index contributed by atoms with van der Waals surface area (Å²) in [6.45, 7) is -0.471. The first-order valence-corrected chi connectivity index (χ1v) is 7.66. The van der Waals surface area contributed by atoms with E-state index in [1.165, 1.54) is 6.07 Å². The topological polar surface area (TPSA) is 111 Å². The van der Waals surface area contributed by atoms with Crippen LogP contribution in [0.2, 0.25) is 5.02 Å². The van der Waals surface area contributed by atoms with E-state index in [-0.39, 0.29) is 18.7 Å². The highest BCUT2D eigenvalue weighted by molar-refractivity contribution is 6.30. The van der Waals surface area contributed by atoms with Crippen molar-refractivity contribution in [3.05, 3.63) is 59.1 Å². The zero-order chi connectivity index (χ0) is 18.2. The average molecular weight is 362 g/mol. The van der Waals surface area contributed by atoms with Gasteiger partial charge in [-0.15, -0.1) is 0 Å². The summed E-state index contributed by atoms with van der Waals surface area (Å²) < 4.78 is 5.34. The van der Waals surface area contributed by atoms with Gasteiger partial charge in [0, 0.05) is 16.3 Å². The Hall–Kier alpha value is -3.06. The minimum atomic E-state index is -0.643. The second-order valence-corrected chi connectivity index (χ2v) is 5.46. The first kappa shape index (κ1) is 18.3. The number of primary amides is 1. The van der Waals surface area contributed by atoms with Crippen LogP contribution >= 0.6 is 11.6 Å². The molecule has 130 valence electrons. The van der Waals surface area contributed by atoms with Gasteiger partial charge in [0.25, 0.3) is 11.8 Å². The Morgan fingerprint density at radius 1 is 1.08 bits per heavy atom. The highest BCUT2D eigenvalue weighted by atomic mass is 35.5. The Labute approximate surface area is 149 Å². The Morgan fingerprint density at radius 3 is 2.56 bits per heavy atom. The van der Waals surface area contributed by atoms with Crippen molar-refractivity contribution in [2.45, 2.75) is 0 Å². The van der Waals surface area contributed by atoms with Crippen LogP contribution in [0.1, 0.15) is 10.4 Å². The number of carbonyl (C=O) groups excluding carboxylic acids is 3. The number of nitrogens with two attached hydrogens (primary N) is 1. The molecule has 0 aromatic heterocycles. The van der Waals surface area contributed by atoms with E-state index in [9.17, 15) is 14.4 Å². The summed E-state index contributed by atoms with van der Waals surface area (Å²) in [5.41, 5.74) is 5.68. The Bertz CT molecular complexity index is 795. The highest BCUT2D eigenvalue weighted by Crippen LogP contribution is 2.17. The average Bonchev–Trinajstić information content (AvgIpc) is 2.58. The third-order valence-electron chi connectivity index (χ3n) is 3.00. The molecule has 7 nitrogen and oxygen atoms in total. The van der Waals surface area contributed by atoms with Gasteiger partial charge < -0.3 is 21.1 Å². The molecule has 25 heavy (non-hydrogen) atoms. The summed E-state index contributed by atoms with van der Waals surface area (Å²) in [5, 5.41) is 5.49. The molecule has 2 rings (SSSR count). The van der Waals surface area contributed by atoms with Crippen molar-refractivity contribution in [3.63, 3.8) is 0 Å². The molecule has 3 amide bonds. The summed E-state index contributed by atoms with van der Waals surface area (Å²) >= 11 is 5.83. The molecule has 2 aromatic carbocycles. The van der Waals surface area contributed by atoms with Crippen LogP contribution in [0.5, 0.6) is 5.75 Å². The van der Waals surface area contributed by atoms with Crippen molar-refractivity contribution in [1.82, 2.24) is 5.32 Å². The molecule has 0 fully saturated rings. The number of amides is 3. The summed E-state index contributed by atoms with van der Waals surface area (Å²) in [6, 6.07) is 12.9. The van der Waals surface area contributed by atoms with E-state index in [2.05, 4.69) is 10.6 Å². The van der Waals surface area contributed by atoms with Crippen LogP contribution in [0, 0.1) is 0 Å². The van der Waals surface area contributed by atoms with Crippen molar-refractivity contribution >= 4 is 35.0 Å². The second-order valence-electron chi connectivity index (χ2n) is 5.02. The number of hydrogen-bond acceptors (Lipinski definition) is 4. The van der Waals surface area contributed by atoms with E-state index in [1.807, 2.05) is 0 Å². The first-order valence-electron chi connectivity index (χ1n) is 7.29. The van der Waals surface area contributed by atoms with Gasteiger partial charge in [-0.1, -0.05) is 23.7 Å². The van der Waals surface area contributed by atoms with Gasteiger partial charge in [0.05, 0.1) is 6.54 Å². The maximum absolute atomic E-state index is 11.9. The predicted molar refractivity (Wildman–Crippen MR) is 93.5 cm³/mol. The van der Waals surface area contributed by atoms with E-state index in [1.54, 1.807) is 42.5 Å². The zero-order valence-corrected chi connectivity index (χ0v) is 13.9. The second kappa shape index (κ2) is 8.70. The van der Waals surface area contributed by atoms with Crippen molar-refractivity contribution in [3.8, 4) is 5.75 Å². The summed E-state index contributed by atoms with van der Waals surface area (Å²) in [4.78, 5) is 34.5. The van der Waals surface area contributed by atoms with Crippen molar-refractivity contribution < 1.29 is 19.1 Å². The molecule has 0 spiro atoms. The van der Waals surface area contributed by atoms with Crippen LogP contribution in [0.4, 0.5) is 5.69 Å². The zero-order valence-electron chi connectivity index (χ0n) is 13.1. The molecule has 0 aliphatic heterocycles. The highest BCUT2D eigenvalue weighted by Gasteiger charge is 2.09. The Morgan fingerprint density at radius 2 is 1.84 bits per heavy atom. The molecule has 8 heteroatoms. The number of hydrogen-bond donors (Lipinski definition) is 3. The predicted octanol–water partition coefficient (Wildman–Crippen LogP) is 1.57. The van der Waals surface area contributed by atoms with Gasteiger partial charge in [0.2, 0.25) is 5.91 Å². The molecule has 0 aliphatic rings. The van der Waals surface area contributed by atoms with Crippen molar-refractivity contribution in [2.24, 2.45) is 5.73 Å². The molecular weight excluding hydrogens is 346 g/mol. The number of nitrogens with one attached hydrogen (secondary N) is 2. The Kier molecular flexibility index (Phi) is 6.36. The van der Waals surface area contributed by atoms with Crippen LogP contribution in [0.15, 0.2) is 48.5 Å². The number of rotatable bonds is 7. The minimum absolute atomic E-state index is 0.210. The molecule has 0 bridgehead atoms. The summed E-state index contributed by atoms with van der Waals surface area (Å²) in [5.74, 6) is -1.03. The number of ether oxygens (including phenoxy) is 1. The SMILES string of the molecule is NC(=O)CNC(=O)c1cccc(NC(=O)COc2cccc(Cl)c2)c1. The fourth-order valence-electron chi connectivity index (χ4n) is 1.91. The van der Waals surface area contributed by atoms with Gasteiger partial charge in [0.1, 0.15) is 5.75 Å². The lowest BCUT2D eigenvalue weighted by molar-refractivity contribution is -0.118. The van der Waals surface area contributed by atoms with E-state index in [0.29, 0.717) is 16.5 Å².